The molecule has 158 valence electrons. The summed E-state index contributed by atoms with van der Waals surface area (Å²) in [5.74, 6) is 0.506. The Kier molecular flexibility index (Phi) is 6.74. The van der Waals surface area contributed by atoms with Gasteiger partial charge in [0.05, 0.1) is 13.2 Å². The molecular formula is C21H30N4O4. The largest absolute Gasteiger partial charge is 0.497 e. The van der Waals surface area contributed by atoms with Gasteiger partial charge in [0.2, 0.25) is 17.7 Å². The van der Waals surface area contributed by atoms with Crippen LogP contribution in [0.15, 0.2) is 24.3 Å². The smallest absolute Gasteiger partial charge is 0.242 e. The lowest BCUT2D eigenvalue weighted by atomic mass is 10.1. The number of nitrogens with zero attached hydrogens (tertiary/aromatic N) is 2. The zero-order valence-electron chi connectivity index (χ0n) is 17.1. The van der Waals surface area contributed by atoms with E-state index in [1.807, 2.05) is 29.2 Å². The molecule has 1 heterocycles. The Labute approximate surface area is 171 Å². The first-order valence-electron chi connectivity index (χ1n) is 10.1. The van der Waals surface area contributed by atoms with Crippen LogP contribution >= 0.6 is 0 Å². The van der Waals surface area contributed by atoms with E-state index < -0.39 is 6.04 Å². The Balaban J connectivity index is 1.80. The van der Waals surface area contributed by atoms with Crippen LogP contribution in [0.3, 0.4) is 0 Å². The van der Waals surface area contributed by atoms with Crippen LogP contribution in [-0.4, -0.2) is 66.3 Å². The third kappa shape index (κ3) is 5.06. The molecule has 0 radical (unpaired) electrons. The number of likely N-dealkylation sites (tertiary alicyclic amines) is 1. The predicted octanol–water partition coefficient (Wildman–Crippen LogP) is 0.498. The van der Waals surface area contributed by atoms with E-state index in [0.29, 0.717) is 32.6 Å². The Morgan fingerprint density at radius 1 is 1.31 bits per heavy atom. The Bertz CT molecular complexity index is 765. The van der Waals surface area contributed by atoms with Crippen molar-refractivity contribution in [3.63, 3.8) is 0 Å². The fourth-order valence-corrected chi connectivity index (χ4v) is 3.87. The maximum atomic E-state index is 13.1. The molecule has 1 saturated carbocycles. The number of hydrogen-bond donors (Lipinski definition) is 2. The molecule has 0 aromatic heterocycles. The number of ether oxygens (including phenoxy) is 1. The van der Waals surface area contributed by atoms with Gasteiger partial charge in [-0.15, -0.1) is 0 Å². The second kappa shape index (κ2) is 9.26. The highest BCUT2D eigenvalue weighted by Gasteiger charge is 2.44. The first kappa shape index (κ1) is 21.1. The molecule has 1 aliphatic heterocycles. The van der Waals surface area contributed by atoms with Crippen molar-refractivity contribution in [2.24, 2.45) is 11.7 Å². The maximum Gasteiger partial charge on any atom is 0.242 e. The van der Waals surface area contributed by atoms with E-state index in [2.05, 4.69) is 5.32 Å². The number of nitrogens with one attached hydrogen (secondary N) is 1. The van der Waals surface area contributed by atoms with Crippen LogP contribution in [0.5, 0.6) is 5.75 Å². The monoisotopic (exact) mass is 402 g/mol. The minimum absolute atomic E-state index is 0.0523. The van der Waals surface area contributed by atoms with Crippen molar-refractivity contribution in [1.29, 1.82) is 0 Å². The van der Waals surface area contributed by atoms with Crippen molar-refractivity contribution >= 4 is 17.7 Å². The summed E-state index contributed by atoms with van der Waals surface area (Å²) in [4.78, 5) is 41.2. The molecule has 2 fully saturated rings. The van der Waals surface area contributed by atoms with Crippen molar-refractivity contribution in [2.75, 3.05) is 26.7 Å². The number of amides is 3. The van der Waals surface area contributed by atoms with Crippen LogP contribution < -0.4 is 15.8 Å². The van der Waals surface area contributed by atoms with E-state index in [1.165, 1.54) is 6.92 Å². The summed E-state index contributed by atoms with van der Waals surface area (Å²) in [5, 5.41) is 2.77. The van der Waals surface area contributed by atoms with Crippen molar-refractivity contribution in [3.8, 4) is 5.75 Å². The van der Waals surface area contributed by atoms with Gasteiger partial charge >= 0.3 is 0 Å². The van der Waals surface area contributed by atoms with Crippen molar-refractivity contribution in [1.82, 2.24) is 15.1 Å². The molecule has 3 rings (SSSR count). The lowest BCUT2D eigenvalue weighted by Crippen LogP contribution is -2.46. The molecule has 0 bridgehead atoms. The van der Waals surface area contributed by atoms with Gasteiger partial charge in [-0.3, -0.25) is 14.4 Å². The molecule has 3 N–H and O–H groups in total. The van der Waals surface area contributed by atoms with Crippen LogP contribution in [0.2, 0.25) is 0 Å². The number of rotatable bonds is 8. The van der Waals surface area contributed by atoms with Gasteiger partial charge in [-0.1, -0.05) is 12.1 Å². The molecule has 29 heavy (non-hydrogen) atoms. The van der Waals surface area contributed by atoms with Crippen molar-refractivity contribution in [3.05, 3.63) is 29.8 Å². The normalized spacial score (nSPS) is 21.0. The van der Waals surface area contributed by atoms with Gasteiger partial charge in [-0.05, 0) is 37.0 Å². The first-order chi connectivity index (χ1) is 13.9. The minimum atomic E-state index is -0.580. The van der Waals surface area contributed by atoms with Gasteiger partial charge < -0.3 is 25.6 Å². The molecule has 1 aliphatic carbocycles. The fourth-order valence-electron chi connectivity index (χ4n) is 3.87. The molecular weight excluding hydrogens is 372 g/mol. The summed E-state index contributed by atoms with van der Waals surface area (Å²) in [6.45, 7) is 2.95. The molecule has 3 amide bonds. The van der Waals surface area contributed by atoms with E-state index in [9.17, 15) is 14.4 Å². The van der Waals surface area contributed by atoms with E-state index >= 15 is 0 Å². The lowest BCUT2D eigenvalue weighted by molar-refractivity contribution is -0.137. The summed E-state index contributed by atoms with van der Waals surface area (Å²) in [6.07, 6.45) is 2.23. The summed E-state index contributed by atoms with van der Waals surface area (Å²) in [5.41, 5.74) is 6.44. The molecule has 2 atom stereocenters. The Morgan fingerprint density at radius 3 is 2.69 bits per heavy atom. The minimum Gasteiger partial charge on any atom is -0.497 e. The molecule has 1 aromatic carbocycles. The zero-order valence-corrected chi connectivity index (χ0v) is 17.1. The van der Waals surface area contributed by atoms with Gasteiger partial charge in [-0.2, -0.15) is 0 Å². The maximum absolute atomic E-state index is 13.1. The number of benzene rings is 1. The molecule has 8 heteroatoms. The molecule has 1 saturated heterocycles. The topological polar surface area (TPSA) is 105 Å². The second-order valence-electron chi connectivity index (χ2n) is 7.75. The van der Waals surface area contributed by atoms with Gasteiger partial charge in [0.15, 0.2) is 0 Å². The van der Waals surface area contributed by atoms with E-state index in [4.69, 9.17) is 10.5 Å². The van der Waals surface area contributed by atoms with Crippen LogP contribution in [0.1, 0.15) is 31.7 Å². The number of nitrogens with two attached hydrogens (primary N) is 1. The lowest BCUT2D eigenvalue weighted by Gasteiger charge is -2.29. The van der Waals surface area contributed by atoms with E-state index in [-0.39, 0.29) is 29.7 Å². The summed E-state index contributed by atoms with van der Waals surface area (Å²) >= 11 is 0. The summed E-state index contributed by atoms with van der Waals surface area (Å²) in [6, 6.07) is 6.85. The van der Waals surface area contributed by atoms with Crippen LogP contribution in [-0.2, 0) is 20.9 Å². The average molecular weight is 402 g/mol. The van der Waals surface area contributed by atoms with Gasteiger partial charge in [0.25, 0.3) is 0 Å². The average Bonchev–Trinajstić information content (AvgIpc) is 3.47. The fraction of sp³-hybridized carbons (Fsp3) is 0.571. The Hall–Kier alpha value is -2.61. The third-order valence-corrected chi connectivity index (χ3v) is 5.57. The molecule has 1 aromatic rings. The van der Waals surface area contributed by atoms with E-state index in [0.717, 1.165) is 24.2 Å². The molecule has 0 spiro atoms. The number of carbonyl (C=O) groups excluding carboxylic acids is 3. The number of methoxy groups -OCH3 is 1. The third-order valence-electron chi connectivity index (χ3n) is 5.57. The molecule has 8 nitrogen and oxygen atoms in total. The highest BCUT2D eigenvalue weighted by molar-refractivity contribution is 5.88. The van der Waals surface area contributed by atoms with Crippen LogP contribution in [0.4, 0.5) is 0 Å². The van der Waals surface area contributed by atoms with Crippen molar-refractivity contribution < 1.29 is 19.1 Å². The van der Waals surface area contributed by atoms with Gasteiger partial charge in [0, 0.05) is 39.0 Å². The summed E-state index contributed by atoms with van der Waals surface area (Å²) in [7, 11) is 1.61. The summed E-state index contributed by atoms with van der Waals surface area (Å²) < 4.78 is 5.30. The first-order valence-corrected chi connectivity index (χ1v) is 10.1. The second-order valence-corrected chi connectivity index (χ2v) is 7.75. The Morgan fingerprint density at radius 2 is 2.07 bits per heavy atom. The SMILES string of the molecule is COc1cccc(CN(C(=O)C2CC2)C2CC(C(=O)NCCN)N(C(C)=O)C2)c1. The van der Waals surface area contributed by atoms with Gasteiger partial charge in [-0.25, -0.2) is 0 Å². The quantitative estimate of drug-likeness (QED) is 0.659. The standard InChI is InChI=1S/C21H30N4O4/c1-14(26)24-13-17(11-19(24)20(27)23-9-8-22)25(21(28)16-6-7-16)12-15-4-3-5-18(10-15)29-2/h3-5,10,16-17,19H,6-9,11-13,22H2,1-2H3,(H,23,27). The molecule has 2 unspecified atom stereocenters. The highest BCUT2D eigenvalue weighted by Crippen LogP contribution is 2.34. The molecule has 2 aliphatic rings. The van der Waals surface area contributed by atoms with Gasteiger partial charge in [0.1, 0.15) is 11.8 Å². The number of carbonyl (C=O) groups is 3. The predicted molar refractivity (Wildman–Crippen MR) is 108 cm³/mol. The number of hydrogen-bond acceptors (Lipinski definition) is 5. The van der Waals surface area contributed by atoms with Crippen molar-refractivity contribution in [2.45, 2.75) is 44.8 Å². The highest BCUT2D eigenvalue weighted by atomic mass is 16.5. The van der Waals surface area contributed by atoms with Crippen LogP contribution in [0.25, 0.3) is 0 Å². The zero-order chi connectivity index (χ0) is 21.0. The van der Waals surface area contributed by atoms with E-state index in [1.54, 1.807) is 12.0 Å². The van der Waals surface area contributed by atoms with Crippen LogP contribution in [0, 0.1) is 5.92 Å².